The summed E-state index contributed by atoms with van der Waals surface area (Å²) < 4.78 is 12.1. The number of benzene rings is 2. The summed E-state index contributed by atoms with van der Waals surface area (Å²) in [6.45, 7) is 0. The molecule has 1 unspecified atom stereocenters. The third-order valence-electron chi connectivity index (χ3n) is 4.29. The smallest absolute Gasteiger partial charge is 0.349 e. The lowest BCUT2D eigenvalue weighted by atomic mass is 9.89. The number of carbonyl (C=O) groups is 2. The molecule has 1 atom stereocenters. The second-order valence-corrected chi connectivity index (χ2v) is 5.72. The Labute approximate surface area is 132 Å². The molecule has 0 radical (unpaired) electrons. The lowest BCUT2D eigenvalue weighted by molar-refractivity contribution is -0.184. The molecule has 0 saturated carbocycles. The van der Waals surface area contributed by atoms with Crippen molar-refractivity contribution in [3.8, 4) is 0 Å². The minimum Gasteiger partial charge on any atom is -0.478 e. The van der Waals surface area contributed by atoms with Crippen LogP contribution in [0.3, 0.4) is 0 Å². The second kappa shape index (κ2) is 6.20. The number of carbonyl (C=O) groups excluding carboxylic acids is 1. The van der Waals surface area contributed by atoms with Crippen LogP contribution in [0.5, 0.6) is 0 Å². The summed E-state index contributed by atoms with van der Waals surface area (Å²) in [5.74, 6) is -2.05. The van der Waals surface area contributed by atoms with Crippen molar-refractivity contribution < 1.29 is 24.2 Å². The van der Waals surface area contributed by atoms with Gasteiger partial charge in [-0.05, 0) is 53.1 Å². The monoisotopic (exact) mass is 314 g/mol. The van der Waals surface area contributed by atoms with Crippen molar-refractivity contribution in [1.29, 1.82) is 0 Å². The molecular weight excluding hydrogens is 299 g/mol. The molecule has 0 amide bonds. The topological polar surface area (TPSA) is 63.6 Å². The maximum absolute atomic E-state index is 12.1. The lowest BCUT2D eigenvalue weighted by Gasteiger charge is -2.16. The number of hydrogen-bond acceptors (Lipinski definition) is 3. The summed E-state index contributed by atoms with van der Waals surface area (Å²) in [7, 11) is 0. The maximum Gasteiger partial charge on any atom is 0.349 e. The van der Waals surface area contributed by atoms with Crippen molar-refractivity contribution >= 4 is 11.9 Å². The predicted octanol–water partition coefficient (Wildman–Crippen LogP) is 3.43. The zero-order valence-corrected chi connectivity index (χ0v) is 12.3. The largest absolute Gasteiger partial charge is 0.478 e. The Bertz CT molecular complexity index is 769. The quantitative estimate of drug-likeness (QED) is 0.942. The zero-order valence-electron chi connectivity index (χ0n) is 12.3. The molecule has 2 aromatic rings. The number of hydrogen-bond donors (Lipinski definition) is 1. The second-order valence-electron chi connectivity index (χ2n) is 5.72. The van der Waals surface area contributed by atoms with E-state index in [1.165, 1.54) is 0 Å². The Morgan fingerprint density at radius 2 is 1.91 bits per heavy atom. The van der Waals surface area contributed by atoms with Gasteiger partial charge in [0.2, 0.25) is 0 Å². The summed E-state index contributed by atoms with van der Waals surface area (Å²) in [4.78, 5) is 25.9. The van der Waals surface area contributed by atoms with Crippen LogP contribution in [0.25, 0.3) is 0 Å². The van der Waals surface area contributed by atoms with E-state index in [4.69, 9.17) is 5.11 Å². The minimum atomic E-state index is -0.970. The molecule has 2 aromatic carbocycles. The molecule has 0 heterocycles. The van der Waals surface area contributed by atoms with Gasteiger partial charge in [-0.15, -0.1) is 0 Å². The minimum absolute atomic E-state index is 0.0480. The van der Waals surface area contributed by atoms with Gasteiger partial charge in [0.1, 0.15) is 0 Å². The van der Waals surface area contributed by atoms with E-state index < -0.39 is 11.9 Å². The van der Waals surface area contributed by atoms with Crippen molar-refractivity contribution in [2.24, 2.45) is 0 Å². The Hall–Kier alpha value is -2.69. The molecule has 0 aromatic heterocycles. The van der Waals surface area contributed by atoms with Crippen LogP contribution in [0.15, 0.2) is 42.5 Å². The van der Waals surface area contributed by atoms with E-state index in [-0.39, 0.29) is 17.9 Å². The average molecular weight is 314 g/mol. The molecule has 0 spiro atoms. The zero-order chi connectivity index (χ0) is 16.4. The first-order valence-corrected chi connectivity index (χ1v) is 7.33. The van der Waals surface area contributed by atoms with Crippen LogP contribution in [0.1, 0.15) is 45.0 Å². The maximum atomic E-state index is 12.1. The Morgan fingerprint density at radius 1 is 1.13 bits per heavy atom. The number of carboxylic acid groups (broad SMARTS) is 1. The van der Waals surface area contributed by atoms with E-state index in [1.807, 2.05) is 24.3 Å². The highest BCUT2D eigenvalue weighted by Gasteiger charge is 2.25. The number of rotatable bonds is 3. The van der Waals surface area contributed by atoms with Crippen molar-refractivity contribution in [1.82, 2.24) is 0 Å². The molecule has 0 bridgehead atoms. The van der Waals surface area contributed by atoms with Gasteiger partial charge in [0.25, 0.3) is 0 Å². The highest BCUT2D eigenvalue weighted by Crippen LogP contribution is 2.34. The van der Waals surface area contributed by atoms with Crippen LogP contribution in [-0.4, -0.2) is 17.0 Å². The average Bonchev–Trinajstić information content (AvgIpc) is 2.70. The molecule has 0 aliphatic heterocycles. The highest BCUT2D eigenvalue weighted by molar-refractivity contribution is 5.88. The third kappa shape index (κ3) is 3.08. The Kier molecular flexibility index (Phi) is 4.10. The van der Waals surface area contributed by atoms with Gasteiger partial charge in [-0.25, -0.2) is 9.59 Å². The van der Waals surface area contributed by atoms with Crippen molar-refractivity contribution in [2.45, 2.75) is 25.2 Å². The Morgan fingerprint density at radius 3 is 2.65 bits per heavy atom. The van der Waals surface area contributed by atoms with Gasteiger partial charge in [-0.2, -0.15) is 0 Å². The van der Waals surface area contributed by atoms with Crippen LogP contribution < -0.4 is 0 Å². The summed E-state index contributed by atoms with van der Waals surface area (Å²) in [5, 5.41) is 9.15. The fourth-order valence-electron chi connectivity index (χ4n) is 3.21. The van der Waals surface area contributed by atoms with Crippen molar-refractivity contribution in [3.63, 3.8) is 0 Å². The first kappa shape index (κ1) is 15.2. The molecule has 1 aliphatic rings. The lowest BCUT2D eigenvalue weighted by Crippen LogP contribution is -2.10. The fourth-order valence-corrected chi connectivity index (χ4v) is 3.21. The van der Waals surface area contributed by atoms with Gasteiger partial charge in [0, 0.05) is 4.53 Å². The summed E-state index contributed by atoms with van der Waals surface area (Å²) in [5.41, 5.74) is 4.13. The van der Waals surface area contributed by atoms with Crippen LogP contribution in [0, 0.1) is 0 Å². The summed E-state index contributed by atoms with van der Waals surface area (Å²) in [6, 6.07) is 12.7. The number of carboxylic acids is 1. The molecule has 1 aliphatic carbocycles. The highest BCUT2D eigenvalue weighted by atomic mass is 19.3. The van der Waals surface area contributed by atoms with Crippen molar-refractivity contribution in [3.05, 3.63) is 70.3 Å². The van der Waals surface area contributed by atoms with E-state index in [2.05, 4.69) is 4.94 Å². The van der Waals surface area contributed by atoms with Crippen LogP contribution in [0.4, 0.5) is 4.53 Å². The van der Waals surface area contributed by atoms with E-state index in [1.54, 1.807) is 18.2 Å². The van der Waals surface area contributed by atoms with Gasteiger partial charge in [0.05, 0.1) is 12.0 Å². The van der Waals surface area contributed by atoms with Gasteiger partial charge >= 0.3 is 11.9 Å². The van der Waals surface area contributed by atoms with Gasteiger partial charge in [-0.3, -0.25) is 4.94 Å². The molecule has 3 rings (SSSR count). The molecule has 0 fully saturated rings. The van der Waals surface area contributed by atoms with Gasteiger partial charge < -0.3 is 5.11 Å². The van der Waals surface area contributed by atoms with E-state index >= 15 is 0 Å². The van der Waals surface area contributed by atoms with Gasteiger partial charge in [-0.1, -0.05) is 30.3 Å². The summed E-state index contributed by atoms with van der Waals surface area (Å²) >= 11 is 0. The molecule has 1 N–H and O–H groups in total. The number of fused-ring (bicyclic) bond motifs is 2. The van der Waals surface area contributed by atoms with Crippen LogP contribution in [-0.2, 0) is 22.6 Å². The van der Waals surface area contributed by atoms with Crippen molar-refractivity contribution in [2.75, 3.05) is 0 Å². The summed E-state index contributed by atoms with van der Waals surface area (Å²) in [6.07, 6.45) is 1.09. The number of halogens is 1. The molecule has 23 heavy (non-hydrogen) atoms. The van der Waals surface area contributed by atoms with Crippen LogP contribution >= 0.6 is 0 Å². The van der Waals surface area contributed by atoms with E-state index in [0.29, 0.717) is 12.8 Å². The Balaban J connectivity index is 2.05. The predicted molar refractivity (Wildman–Crippen MR) is 80.9 cm³/mol. The fraction of sp³-hybridized carbons (Fsp3) is 0.222. The SMILES string of the molecule is O=C(CC1Cc2ccc(C(=O)O)cc2Cc2ccccc21)OF. The normalized spacial score (nSPS) is 16.0. The van der Waals surface area contributed by atoms with E-state index in [9.17, 15) is 14.1 Å². The molecule has 0 saturated heterocycles. The molecule has 5 heteroatoms. The molecular formula is C18H15FO4. The third-order valence-corrected chi connectivity index (χ3v) is 4.29. The molecule has 118 valence electrons. The number of aromatic carboxylic acids is 1. The molecule has 4 nitrogen and oxygen atoms in total. The first-order valence-electron chi connectivity index (χ1n) is 7.33. The van der Waals surface area contributed by atoms with Crippen LogP contribution in [0.2, 0.25) is 0 Å². The standard InChI is InChI=1S/C18H15FO4/c19-23-17(20)10-15-7-11-5-6-13(18(21)22)9-14(11)8-12-3-1-2-4-16(12)15/h1-6,9,15H,7-8,10H2,(H,21,22). The first-order chi connectivity index (χ1) is 11.1. The van der Waals surface area contributed by atoms with E-state index in [0.717, 1.165) is 22.3 Å². The van der Waals surface area contributed by atoms with Gasteiger partial charge in [0.15, 0.2) is 0 Å².